The van der Waals surface area contributed by atoms with Crippen LogP contribution in [0.15, 0.2) is 45.4 Å². The number of nitrogens with one attached hydrogen (secondary N) is 2. The summed E-state index contributed by atoms with van der Waals surface area (Å²) < 4.78 is 4.46. The van der Waals surface area contributed by atoms with Gasteiger partial charge in [-0.15, -0.1) is 5.10 Å². The molecule has 2 N–H and O–H groups in total. The summed E-state index contributed by atoms with van der Waals surface area (Å²) in [5, 5.41) is 13.2. The fraction of sp³-hybridized carbons (Fsp3) is 0.133. The van der Waals surface area contributed by atoms with Gasteiger partial charge in [0.05, 0.1) is 18.2 Å². The third kappa shape index (κ3) is 5.06. The van der Waals surface area contributed by atoms with E-state index in [1.807, 2.05) is 0 Å². The molecule has 1 fully saturated rings. The molecule has 0 aromatic heterocycles. The summed E-state index contributed by atoms with van der Waals surface area (Å²) in [4.78, 5) is 33.9. The van der Waals surface area contributed by atoms with E-state index in [9.17, 15) is 14.4 Å². The molecular formula is C15H14N4O4S. The van der Waals surface area contributed by atoms with Crippen molar-refractivity contribution in [2.45, 2.75) is 6.92 Å². The second-order valence-corrected chi connectivity index (χ2v) is 5.57. The summed E-state index contributed by atoms with van der Waals surface area (Å²) in [5.74, 6) is -1.19. The average Bonchev–Trinajstić information content (AvgIpc) is 2.88. The van der Waals surface area contributed by atoms with Crippen LogP contribution in [-0.2, 0) is 19.1 Å². The van der Waals surface area contributed by atoms with Gasteiger partial charge in [-0.2, -0.15) is 5.10 Å². The molecule has 24 heavy (non-hydrogen) atoms. The van der Waals surface area contributed by atoms with Crippen LogP contribution < -0.4 is 10.6 Å². The molecule has 0 spiro atoms. The Labute approximate surface area is 142 Å². The van der Waals surface area contributed by atoms with Gasteiger partial charge in [0.25, 0.3) is 5.91 Å². The van der Waals surface area contributed by atoms with Crippen molar-refractivity contribution in [3.8, 4) is 0 Å². The van der Waals surface area contributed by atoms with Gasteiger partial charge in [0.1, 0.15) is 0 Å². The number of methoxy groups -OCH3 is 1. The number of benzene rings is 1. The molecule has 0 unspecified atom stereocenters. The van der Waals surface area contributed by atoms with E-state index in [1.165, 1.54) is 20.2 Å². The number of esters is 1. The molecule has 1 aromatic rings. The predicted molar refractivity (Wildman–Crippen MR) is 91.6 cm³/mol. The van der Waals surface area contributed by atoms with Gasteiger partial charge in [0.15, 0.2) is 5.17 Å². The zero-order chi connectivity index (χ0) is 17.5. The summed E-state index contributed by atoms with van der Waals surface area (Å²) in [6, 6.07) is 6.99. The van der Waals surface area contributed by atoms with E-state index in [0.29, 0.717) is 5.69 Å². The summed E-state index contributed by atoms with van der Waals surface area (Å²) in [5.41, 5.74) is 1.45. The van der Waals surface area contributed by atoms with E-state index >= 15 is 0 Å². The number of carbonyl (C=O) groups excluding carboxylic acids is 3. The lowest BCUT2D eigenvalue weighted by molar-refractivity contribution is -0.135. The smallest absolute Gasteiger partial charge is 0.331 e. The zero-order valence-corrected chi connectivity index (χ0v) is 13.7. The number of hydrogen-bond donors (Lipinski definition) is 2. The average molecular weight is 346 g/mol. The molecule has 0 aliphatic carbocycles. The SMILES string of the molecule is COC(=O)/C=C1/S/C(=N\N=Cc2ccc(NC(C)=O)cc2)NC1=O. The van der Waals surface area contributed by atoms with Crippen LogP contribution in [0.5, 0.6) is 0 Å². The highest BCUT2D eigenvalue weighted by Gasteiger charge is 2.24. The fourth-order valence-corrected chi connectivity index (χ4v) is 2.38. The third-order valence-electron chi connectivity index (χ3n) is 2.69. The van der Waals surface area contributed by atoms with Crippen molar-refractivity contribution in [2.75, 3.05) is 12.4 Å². The Bertz CT molecular complexity index is 753. The summed E-state index contributed by atoms with van der Waals surface area (Å²) in [6.07, 6.45) is 2.59. The first-order valence-electron chi connectivity index (χ1n) is 6.75. The van der Waals surface area contributed by atoms with Crippen molar-refractivity contribution < 1.29 is 19.1 Å². The van der Waals surface area contributed by atoms with Crippen LogP contribution in [0.2, 0.25) is 0 Å². The van der Waals surface area contributed by atoms with Crippen LogP contribution in [0, 0.1) is 0 Å². The van der Waals surface area contributed by atoms with Crippen molar-refractivity contribution in [3.05, 3.63) is 40.8 Å². The van der Waals surface area contributed by atoms with Crippen LogP contribution in [0.1, 0.15) is 12.5 Å². The van der Waals surface area contributed by atoms with Crippen molar-refractivity contribution in [1.82, 2.24) is 5.32 Å². The number of amides is 2. The molecule has 0 bridgehead atoms. The summed E-state index contributed by atoms with van der Waals surface area (Å²) in [7, 11) is 1.23. The molecule has 1 aliphatic rings. The first-order valence-corrected chi connectivity index (χ1v) is 7.57. The molecule has 8 nitrogen and oxygen atoms in total. The minimum atomic E-state index is -0.614. The zero-order valence-electron chi connectivity index (χ0n) is 12.9. The first kappa shape index (κ1) is 17.4. The van der Waals surface area contributed by atoms with Crippen LogP contribution in [0.4, 0.5) is 5.69 Å². The number of anilines is 1. The molecule has 1 aliphatic heterocycles. The van der Waals surface area contributed by atoms with Gasteiger partial charge in [-0.3, -0.25) is 14.9 Å². The topological polar surface area (TPSA) is 109 Å². The van der Waals surface area contributed by atoms with E-state index in [0.717, 1.165) is 23.4 Å². The third-order valence-corrected chi connectivity index (χ3v) is 3.59. The van der Waals surface area contributed by atoms with Crippen LogP contribution >= 0.6 is 11.8 Å². The summed E-state index contributed by atoms with van der Waals surface area (Å²) in [6.45, 7) is 1.43. The van der Waals surface area contributed by atoms with Gasteiger partial charge in [-0.1, -0.05) is 12.1 Å². The van der Waals surface area contributed by atoms with Crippen molar-refractivity contribution in [1.29, 1.82) is 0 Å². The molecule has 9 heteroatoms. The Kier molecular flexibility index (Phi) is 5.85. The number of ether oxygens (including phenoxy) is 1. The lowest BCUT2D eigenvalue weighted by Gasteiger charge is -2.00. The van der Waals surface area contributed by atoms with Gasteiger partial charge >= 0.3 is 5.97 Å². The van der Waals surface area contributed by atoms with E-state index in [1.54, 1.807) is 24.3 Å². The summed E-state index contributed by atoms with van der Waals surface area (Å²) >= 11 is 0.995. The number of rotatable bonds is 4. The number of carbonyl (C=O) groups is 3. The Morgan fingerprint density at radius 2 is 2.00 bits per heavy atom. The van der Waals surface area contributed by atoms with Gasteiger partial charge in [-0.25, -0.2) is 4.79 Å². The molecule has 1 aromatic carbocycles. The van der Waals surface area contributed by atoms with E-state index in [4.69, 9.17) is 0 Å². The molecule has 0 saturated carbocycles. The molecule has 1 saturated heterocycles. The second-order valence-electron chi connectivity index (χ2n) is 4.54. The Morgan fingerprint density at radius 1 is 1.29 bits per heavy atom. The maximum Gasteiger partial charge on any atom is 0.331 e. The Balaban J connectivity index is 1.99. The number of nitrogens with zero attached hydrogens (tertiary/aromatic N) is 2. The van der Waals surface area contributed by atoms with Crippen LogP contribution in [-0.4, -0.2) is 36.3 Å². The molecular weight excluding hydrogens is 332 g/mol. The molecule has 2 rings (SSSR count). The molecule has 1 heterocycles. The lowest BCUT2D eigenvalue weighted by Crippen LogP contribution is -2.19. The molecule has 2 amide bonds. The monoisotopic (exact) mass is 346 g/mol. The van der Waals surface area contributed by atoms with Crippen LogP contribution in [0.25, 0.3) is 0 Å². The maximum absolute atomic E-state index is 11.6. The van der Waals surface area contributed by atoms with Crippen LogP contribution in [0.3, 0.4) is 0 Å². The largest absolute Gasteiger partial charge is 0.466 e. The standard InChI is InChI=1S/C15H14N4O4S/c1-9(20)17-11-5-3-10(4-6-11)8-16-19-15-18-14(22)12(24-15)7-13(21)23-2/h3-8H,1-2H3,(H,17,20)(H,18,19,22)/b12-7+,16-8?. The van der Waals surface area contributed by atoms with E-state index in [2.05, 4.69) is 25.6 Å². The molecule has 0 radical (unpaired) electrons. The van der Waals surface area contributed by atoms with E-state index in [-0.39, 0.29) is 16.0 Å². The number of hydrogen-bond acceptors (Lipinski definition) is 7. The van der Waals surface area contributed by atoms with Gasteiger partial charge in [-0.05, 0) is 29.5 Å². The first-order chi connectivity index (χ1) is 11.5. The Morgan fingerprint density at radius 3 is 2.62 bits per heavy atom. The maximum atomic E-state index is 11.6. The highest BCUT2D eigenvalue weighted by molar-refractivity contribution is 8.18. The van der Waals surface area contributed by atoms with Gasteiger partial charge in [0.2, 0.25) is 5.91 Å². The molecule has 124 valence electrons. The number of amidine groups is 1. The van der Waals surface area contributed by atoms with Gasteiger partial charge < -0.3 is 10.1 Å². The normalized spacial score (nSPS) is 17.3. The lowest BCUT2D eigenvalue weighted by atomic mass is 10.2. The highest BCUT2D eigenvalue weighted by Crippen LogP contribution is 2.23. The second kappa shape index (κ2) is 8.06. The fourth-order valence-electron chi connectivity index (χ4n) is 1.64. The van der Waals surface area contributed by atoms with Crippen molar-refractivity contribution >= 4 is 46.6 Å². The quantitative estimate of drug-likeness (QED) is 0.369. The van der Waals surface area contributed by atoms with Crippen molar-refractivity contribution in [3.63, 3.8) is 0 Å². The Hall–Kier alpha value is -2.94. The molecule has 0 atom stereocenters. The van der Waals surface area contributed by atoms with Gasteiger partial charge in [0, 0.05) is 18.7 Å². The van der Waals surface area contributed by atoms with E-state index < -0.39 is 11.9 Å². The predicted octanol–water partition coefficient (Wildman–Crippen LogP) is 1.25. The minimum Gasteiger partial charge on any atom is -0.466 e. The highest BCUT2D eigenvalue weighted by atomic mass is 32.2. The minimum absolute atomic E-state index is 0.146. The number of thioether (sulfide) groups is 1. The van der Waals surface area contributed by atoms with Crippen molar-refractivity contribution in [2.24, 2.45) is 10.2 Å².